The van der Waals surface area contributed by atoms with Gasteiger partial charge in [0.15, 0.2) is 5.96 Å². The molecule has 0 aliphatic carbocycles. The molecular formula is C22H31ClIN5O. The number of ether oxygens (including phenoxy) is 1. The zero-order chi connectivity index (χ0) is 20.6. The standard InChI is InChI=1S/C22H30ClN5O.HI/c1-4-24-22(26-11-18-5-8-20(23)9-6-18)27-13-19-7-10-21(25-12-19)28-14-16(2)29-17(3)15-28;/h5-10,12,16-17H,4,11,13-15H2,1-3H3,(H2,24,26,27);1H. The fourth-order valence-corrected chi connectivity index (χ4v) is 3.49. The van der Waals surface area contributed by atoms with Gasteiger partial charge in [-0.3, -0.25) is 0 Å². The van der Waals surface area contributed by atoms with Gasteiger partial charge >= 0.3 is 0 Å². The number of anilines is 1. The molecule has 0 saturated carbocycles. The number of pyridine rings is 1. The van der Waals surface area contributed by atoms with Gasteiger partial charge in [0.25, 0.3) is 0 Å². The van der Waals surface area contributed by atoms with Gasteiger partial charge in [-0.15, -0.1) is 24.0 Å². The van der Waals surface area contributed by atoms with E-state index in [4.69, 9.17) is 16.3 Å². The topological polar surface area (TPSA) is 61.8 Å². The fourth-order valence-electron chi connectivity index (χ4n) is 3.36. The van der Waals surface area contributed by atoms with Crippen LogP contribution in [0.15, 0.2) is 47.6 Å². The predicted molar refractivity (Wildman–Crippen MR) is 135 cm³/mol. The maximum Gasteiger partial charge on any atom is 0.191 e. The zero-order valence-electron chi connectivity index (χ0n) is 17.8. The first-order valence-corrected chi connectivity index (χ1v) is 10.5. The Balaban J connectivity index is 0.00000320. The van der Waals surface area contributed by atoms with E-state index in [-0.39, 0.29) is 36.2 Å². The van der Waals surface area contributed by atoms with Crippen LogP contribution < -0.4 is 15.5 Å². The normalized spacial score (nSPS) is 19.2. The summed E-state index contributed by atoms with van der Waals surface area (Å²) in [5, 5.41) is 7.37. The number of aliphatic imine (C=N–C) groups is 1. The summed E-state index contributed by atoms with van der Waals surface area (Å²) in [6.45, 7) is 10.1. The highest BCUT2D eigenvalue weighted by molar-refractivity contribution is 14.0. The molecule has 2 heterocycles. The van der Waals surface area contributed by atoms with Crippen molar-refractivity contribution >= 4 is 47.4 Å². The third kappa shape index (κ3) is 7.59. The second kappa shape index (κ2) is 12.3. The Morgan fingerprint density at radius 1 is 1.10 bits per heavy atom. The van der Waals surface area contributed by atoms with E-state index in [2.05, 4.69) is 58.4 Å². The molecule has 1 aromatic carbocycles. The first kappa shape index (κ1) is 24.7. The molecule has 2 aromatic rings. The van der Waals surface area contributed by atoms with Crippen molar-refractivity contribution in [3.05, 3.63) is 58.7 Å². The molecule has 1 aliphatic rings. The number of morpholine rings is 1. The third-order valence-corrected chi connectivity index (χ3v) is 4.94. The Bertz CT molecular complexity index is 790. The van der Waals surface area contributed by atoms with Crippen molar-refractivity contribution in [3.63, 3.8) is 0 Å². The van der Waals surface area contributed by atoms with Gasteiger partial charge < -0.3 is 20.3 Å². The monoisotopic (exact) mass is 543 g/mol. The molecule has 3 rings (SSSR count). The summed E-state index contributed by atoms with van der Waals surface area (Å²) >= 11 is 5.94. The van der Waals surface area contributed by atoms with Gasteiger partial charge in [-0.05, 0) is 50.1 Å². The summed E-state index contributed by atoms with van der Waals surface area (Å²) < 4.78 is 5.80. The van der Waals surface area contributed by atoms with Crippen molar-refractivity contribution < 1.29 is 4.74 Å². The first-order chi connectivity index (χ1) is 14.0. The molecule has 1 saturated heterocycles. The van der Waals surface area contributed by atoms with E-state index >= 15 is 0 Å². The minimum atomic E-state index is 0. The highest BCUT2D eigenvalue weighted by Gasteiger charge is 2.22. The zero-order valence-corrected chi connectivity index (χ0v) is 20.9. The van der Waals surface area contributed by atoms with Crippen LogP contribution in [0.1, 0.15) is 31.9 Å². The molecule has 0 bridgehead atoms. The van der Waals surface area contributed by atoms with Crippen molar-refractivity contribution in [2.24, 2.45) is 4.99 Å². The van der Waals surface area contributed by atoms with Crippen LogP contribution in [0.25, 0.3) is 0 Å². The maximum atomic E-state index is 5.94. The number of aromatic nitrogens is 1. The predicted octanol–water partition coefficient (Wildman–Crippen LogP) is 4.22. The number of nitrogens with zero attached hydrogens (tertiary/aromatic N) is 3. The van der Waals surface area contributed by atoms with Gasteiger partial charge in [-0.1, -0.05) is 29.8 Å². The van der Waals surface area contributed by atoms with E-state index in [9.17, 15) is 0 Å². The SMILES string of the molecule is CCNC(=NCc1ccc(N2CC(C)OC(C)C2)nc1)NCc1ccc(Cl)cc1.I. The van der Waals surface area contributed by atoms with E-state index < -0.39 is 0 Å². The maximum absolute atomic E-state index is 5.94. The molecule has 0 amide bonds. The van der Waals surface area contributed by atoms with Crippen molar-refractivity contribution in [1.82, 2.24) is 15.6 Å². The van der Waals surface area contributed by atoms with E-state index in [1.54, 1.807) is 0 Å². The summed E-state index contributed by atoms with van der Waals surface area (Å²) in [4.78, 5) is 11.6. The van der Waals surface area contributed by atoms with E-state index in [0.29, 0.717) is 13.1 Å². The lowest BCUT2D eigenvalue weighted by Crippen LogP contribution is -2.45. The third-order valence-electron chi connectivity index (χ3n) is 4.69. The number of nitrogens with one attached hydrogen (secondary N) is 2. The van der Waals surface area contributed by atoms with Gasteiger partial charge in [0.05, 0.1) is 18.8 Å². The summed E-state index contributed by atoms with van der Waals surface area (Å²) in [7, 11) is 0. The number of benzene rings is 1. The molecule has 0 spiro atoms. The highest BCUT2D eigenvalue weighted by atomic mass is 127. The van der Waals surface area contributed by atoms with Crippen LogP contribution >= 0.6 is 35.6 Å². The van der Waals surface area contributed by atoms with E-state index in [1.165, 1.54) is 0 Å². The summed E-state index contributed by atoms with van der Waals surface area (Å²) in [6, 6.07) is 12.0. The molecule has 1 fully saturated rings. The lowest BCUT2D eigenvalue weighted by atomic mass is 10.2. The van der Waals surface area contributed by atoms with E-state index in [0.717, 1.165) is 47.6 Å². The molecule has 8 heteroatoms. The van der Waals surface area contributed by atoms with Gasteiger partial charge in [0.2, 0.25) is 0 Å². The average Bonchev–Trinajstić information content (AvgIpc) is 2.71. The molecule has 1 aliphatic heterocycles. The number of rotatable bonds is 6. The molecular weight excluding hydrogens is 513 g/mol. The number of halogens is 2. The Morgan fingerprint density at radius 2 is 1.77 bits per heavy atom. The van der Waals surface area contributed by atoms with Crippen LogP contribution in [-0.4, -0.2) is 42.8 Å². The van der Waals surface area contributed by atoms with Crippen LogP contribution in [0.3, 0.4) is 0 Å². The molecule has 1 aromatic heterocycles. The van der Waals surface area contributed by atoms with Crippen LogP contribution in [-0.2, 0) is 17.8 Å². The summed E-state index contributed by atoms with van der Waals surface area (Å²) in [5.41, 5.74) is 2.23. The van der Waals surface area contributed by atoms with Crippen LogP contribution in [0.5, 0.6) is 0 Å². The smallest absolute Gasteiger partial charge is 0.191 e. The lowest BCUT2D eigenvalue weighted by molar-refractivity contribution is -0.00545. The number of hydrogen-bond acceptors (Lipinski definition) is 4. The summed E-state index contributed by atoms with van der Waals surface area (Å²) in [5.74, 6) is 1.77. The van der Waals surface area contributed by atoms with Gasteiger partial charge in [-0.2, -0.15) is 0 Å². The average molecular weight is 544 g/mol. The Hall–Kier alpha value is -1.58. The minimum absolute atomic E-state index is 0. The molecule has 2 N–H and O–H groups in total. The first-order valence-electron chi connectivity index (χ1n) is 10.2. The molecule has 2 atom stereocenters. The Kier molecular flexibility index (Phi) is 10.1. The largest absolute Gasteiger partial charge is 0.372 e. The highest BCUT2D eigenvalue weighted by Crippen LogP contribution is 2.18. The van der Waals surface area contributed by atoms with Crippen molar-refractivity contribution in [2.45, 2.75) is 46.1 Å². The molecule has 30 heavy (non-hydrogen) atoms. The van der Waals surface area contributed by atoms with Gasteiger partial charge in [0.1, 0.15) is 5.82 Å². The van der Waals surface area contributed by atoms with Crippen molar-refractivity contribution in [2.75, 3.05) is 24.5 Å². The quantitative estimate of drug-likeness (QED) is 0.325. The van der Waals surface area contributed by atoms with Crippen LogP contribution in [0.2, 0.25) is 5.02 Å². The Morgan fingerprint density at radius 3 is 2.37 bits per heavy atom. The lowest BCUT2D eigenvalue weighted by Gasteiger charge is -2.36. The molecule has 6 nitrogen and oxygen atoms in total. The molecule has 2 unspecified atom stereocenters. The van der Waals surface area contributed by atoms with Crippen LogP contribution in [0, 0.1) is 0 Å². The van der Waals surface area contributed by atoms with Crippen molar-refractivity contribution in [3.8, 4) is 0 Å². The van der Waals surface area contributed by atoms with Crippen molar-refractivity contribution in [1.29, 1.82) is 0 Å². The number of hydrogen-bond donors (Lipinski definition) is 2. The molecule has 164 valence electrons. The summed E-state index contributed by atoms with van der Waals surface area (Å²) in [6.07, 6.45) is 2.35. The number of guanidine groups is 1. The molecule has 0 radical (unpaired) electrons. The van der Waals surface area contributed by atoms with E-state index in [1.807, 2.05) is 30.5 Å². The Labute approximate surface area is 201 Å². The second-order valence-corrected chi connectivity index (χ2v) is 7.80. The second-order valence-electron chi connectivity index (χ2n) is 7.36. The minimum Gasteiger partial charge on any atom is -0.372 e. The fraction of sp³-hybridized carbons (Fsp3) is 0.455. The van der Waals surface area contributed by atoms with Gasteiger partial charge in [0, 0.05) is 37.4 Å². The van der Waals surface area contributed by atoms with Gasteiger partial charge in [-0.25, -0.2) is 9.98 Å². The van der Waals surface area contributed by atoms with Crippen LogP contribution in [0.4, 0.5) is 5.82 Å².